The fraction of sp³-hybridized carbons (Fsp3) is 0.200. The van der Waals surface area contributed by atoms with Gasteiger partial charge in [-0.3, -0.25) is 0 Å². The Hall–Kier alpha value is -2.44. The van der Waals surface area contributed by atoms with Gasteiger partial charge in [0.2, 0.25) is 11.7 Å². The summed E-state index contributed by atoms with van der Waals surface area (Å²) in [6.45, 7) is 0. The molecule has 1 rings (SSSR count). The second-order valence-corrected chi connectivity index (χ2v) is 3.04. The number of phenols is 1. The van der Waals surface area contributed by atoms with E-state index < -0.39 is 0 Å². The molecule has 0 aromatic heterocycles. The zero-order valence-electron chi connectivity index (χ0n) is 9.54. The van der Waals surface area contributed by atoms with Crippen LogP contribution in [0.3, 0.4) is 0 Å². The minimum Gasteiger partial charge on any atom is -0.502 e. The van der Waals surface area contributed by atoms with Crippen LogP contribution in [-0.4, -0.2) is 31.5 Å². The number of nitrogens with two attached hydrogens (primary N) is 2. The van der Waals surface area contributed by atoms with Crippen molar-refractivity contribution in [3.05, 3.63) is 17.7 Å². The largest absolute Gasteiger partial charge is 0.502 e. The molecule has 0 radical (unpaired) electrons. The van der Waals surface area contributed by atoms with E-state index in [1.165, 1.54) is 20.4 Å². The fourth-order valence-corrected chi connectivity index (χ4v) is 1.15. The first-order valence-corrected chi connectivity index (χ1v) is 4.65. The SMILES string of the molecule is COc1cc(/C=N\N=C(N)N)cc(OC)c1O. The van der Waals surface area contributed by atoms with E-state index in [9.17, 15) is 5.11 Å². The average molecular weight is 238 g/mol. The molecule has 92 valence electrons. The fourth-order valence-electron chi connectivity index (χ4n) is 1.15. The van der Waals surface area contributed by atoms with Gasteiger partial charge in [-0.2, -0.15) is 5.10 Å². The number of ether oxygens (including phenoxy) is 2. The third-order valence-corrected chi connectivity index (χ3v) is 1.88. The Morgan fingerprint density at radius 2 is 1.76 bits per heavy atom. The van der Waals surface area contributed by atoms with Crippen molar-refractivity contribution in [1.82, 2.24) is 0 Å². The lowest BCUT2D eigenvalue weighted by atomic mass is 10.2. The lowest BCUT2D eigenvalue weighted by Gasteiger charge is -2.08. The highest BCUT2D eigenvalue weighted by molar-refractivity contribution is 5.83. The molecule has 1 aromatic rings. The first-order chi connectivity index (χ1) is 8.08. The molecule has 0 spiro atoms. The van der Waals surface area contributed by atoms with E-state index in [0.29, 0.717) is 5.56 Å². The van der Waals surface area contributed by atoms with Gasteiger partial charge >= 0.3 is 0 Å². The van der Waals surface area contributed by atoms with Gasteiger partial charge in [0.15, 0.2) is 11.5 Å². The van der Waals surface area contributed by atoms with E-state index in [2.05, 4.69) is 10.2 Å². The number of guanidine groups is 1. The maximum atomic E-state index is 9.66. The number of hydrogen-bond acceptors (Lipinski definition) is 5. The molecular weight excluding hydrogens is 224 g/mol. The van der Waals surface area contributed by atoms with Gasteiger partial charge in [0.1, 0.15) is 0 Å². The molecule has 17 heavy (non-hydrogen) atoms. The van der Waals surface area contributed by atoms with E-state index >= 15 is 0 Å². The van der Waals surface area contributed by atoms with Crippen LogP contribution in [0, 0.1) is 0 Å². The molecule has 0 saturated heterocycles. The molecule has 0 aliphatic carbocycles. The minimum absolute atomic E-state index is 0.0750. The van der Waals surface area contributed by atoms with Crippen molar-refractivity contribution in [1.29, 1.82) is 0 Å². The first kappa shape index (κ1) is 12.6. The summed E-state index contributed by atoms with van der Waals surface area (Å²) in [5.74, 6) is 0.332. The zero-order chi connectivity index (χ0) is 12.8. The number of nitrogens with zero attached hydrogens (tertiary/aromatic N) is 2. The van der Waals surface area contributed by atoms with Crippen LogP contribution in [0.2, 0.25) is 0 Å². The van der Waals surface area contributed by atoms with Gasteiger partial charge < -0.3 is 26.0 Å². The summed E-state index contributed by atoms with van der Waals surface area (Å²) in [5.41, 5.74) is 10.9. The third-order valence-electron chi connectivity index (χ3n) is 1.88. The molecule has 7 nitrogen and oxygen atoms in total. The lowest BCUT2D eigenvalue weighted by molar-refractivity contribution is 0.340. The summed E-state index contributed by atoms with van der Waals surface area (Å²) >= 11 is 0. The standard InChI is InChI=1S/C10H14N4O3/c1-16-7-3-6(5-13-14-10(11)12)4-8(17-2)9(7)15/h3-5,15H,1-2H3,(H4,11,12,14)/b13-5-. The Balaban J connectivity index is 3.09. The Morgan fingerprint density at radius 3 is 2.18 bits per heavy atom. The van der Waals surface area contributed by atoms with E-state index in [0.717, 1.165) is 0 Å². The van der Waals surface area contributed by atoms with Crippen LogP contribution in [0.4, 0.5) is 0 Å². The lowest BCUT2D eigenvalue weighted by Crippen LogP contribution is -2.21. The summed E-state index contributed by atoms with van der Waals surface area (Å²) in [7, 11) is 2.87. The van der Waals surface area contributed by atoms with Crippen LogP contribution in [-0.2, 0) is 0 Å². The van der Waals surface area contributed by atoms with Gasteiger partial charge in [-0.15, -0.1) is 5.10 Å². The average Bonchev–Trinajstić information content (AvgIpc) is 2.30. The van der Waals surface area contributed by atoms with Gasteiger partial charge in [0.05, 0.1) is 20.4 Å². The molecule has 0 aliphatic heterocycles. The highest BCUT2D eigenvalue weighted by Gasteiger charge is 2.09. The number of rotatable bonds is 4. The number of benzene rings is 1. The van der Waals surface area contributed by atoms with E-state index in [1.54, 1.807) is 12.1 Å². The summed E-state index contributed by atoms with van der Waals surface area (Å²) < 4.78 is 9.96. The van der Waals surface area contributed by atoms with Crippen LogP contribution in [0.1, 0.15) is 5.56 Å². The Morgan fingerprint density at radius 1 is 1.24 bits per heavy atom. The highest BCUT2D eigenvalue weighted by Crippen LogP contribution is 2.36. The molecule has 0 fully saturated rings. The van der Waals surface area contributed by atoms with E-state index in [1.807, 2.05) is 0 Å². The van der Waals surface area contributed by atoms with Crippen LogP contribution in [0.25, 0.3) is 0 Å². The topological polar surface area (TPSA) is 115 Å². The van der Waals surface area contributed by atoms with Crippen LogP contribution in [0.15, 0.2) is 22.3 Å². The van der Waals surface area contributed by atoms with Crippen molar-refractivity contribution in [2.75, 3.05) is 14.2 Å². The predicted molar refractivity (Wildman–Crippen MR) is 64.6 cm³/mol. The summed E-state index contributed by atoms with van der Waals surface area (Å²) in [6.07, 6.45) is 1.41. The van der Waals surface area contributed by atoms with Gasteiger partial charge in [-0.1, -0.05) is 0 Å². The maximum Gasteiger partial charge on any atom is 0.211 e. The second-order valence-electron chi connectivity index (χ2n) is 3.04. The van der Waals surface area contributed by atoms with Crippen LogP contribution < -0.4 is 20.9 Å². The summed E-state index contributed by atoms with van der Waals surface area (Å²) in [4.78, 5) is 0. The van der Waals surface area contributed by atoms with Gasteiger partial charge in [0.25, 0.3) is 0 Å². The number of hydrogen-bond donors (Lipinski definition) is 3. The molecule has 5 N–H and O–H groups in total. The van der Waals surface area contributed by atoms with Crippen molar-refractivity contribution >= 4 is 12.2 Å². The Kier molecular flexibility index (Phi) is 4.15. The minimum atomic E-state index is -0.140. The quantitative estimate of drug-likeness (QED) is 0.388. The second kappa shape index (κ2) is 5.59. The van der Waals surface area contributed by atoms with Crippen molar-refractivity contribution in [2.45, 2.75) is 0 Å². The molecule has 0 bridgehead atoms. The molecule has 7 heteroatoms. The predicted octanol–water partition coefficient (Wildman–Crippen LogP) is 0.0167. The first-order valence-electron chi connectivity index (χ1n) is 4.65. The highest BCUT2D eigenvalue weighted by atomic mass is 16.5. The molecular formula is C10H14N4O3. The smallest absolute Gasteiger partial charge is 0.211 e. The Labute approximate surface area is 98.4 Å². The third kappa shape index (κ3) is 3.26. The molecule has 0 atom stereocenters. The summed E-state index contributed by atoms with van der Waals surface area (Å²) in [5, 5.41) is 16.8. The number of aromatic hydroxyl groups is 1. The number of phenolic OH excluding ortho intramolecular Hbond substituents is 1. The van der Waals surface area contributed by atoms with E-state index in [4.69, 9.17) is 20.9 Å². The zero-order valence-corrected chi connectivity index (χ0v) is 9.54. The summed E-state index contributed by atoms with van der Waals surface area (Å²) in [6, 6.07) is 3.15. The van der Waals surface area contributed by atoms with E-state index in [-0.39, 0.29) is 23.2 Å². The normalized spacial score (nSPS) is 10.2. The number of methoxy groups -OCH3 is 2. The molecule has 0 aliphatic rings. The molecule has 0 saturated carbocycles. The van der Waals surface area contributed by atoms with Crippen LogP contribution in [0.5, 0.6) is 17.2 Å². The molecule has 0 amide bonds. The monoisotopic (exact) mass is 238 g/mol. The van der Waals surface area contributed by atoms with Crippen molar-refractivity contribution in [3.8, 4) is 17.2 Å². The van der Waals surface area contributed by atoms with Crippen molar-refractivity contribution in [2.24, 2.45) is 21.7 Å². The van der Waals surface area contributed by atoms with Gasteiger partial charge in [-0.05, 0) is 12.1 Å². The Bertz CT molecular complexity index is 428. The molecule has 0 heterocycles. The van der Waals surface area contributed by atoms with Gasteiger partial charge in [0, 0.05) is 5.56 Å². The maximum absolute atomic E-state index is 9.66. The molecule has 1 aromatic carbocycles. The molecule has 0 unspecified atom stereocenters. The van der Waals surface area contributed by atoms with Crippen molar-refractivity contribution < 1.29 is 14.6 Å². The van der Waals surface area contributed by atoms with Gasteiger partial charge in [-0.25, -0.2) is 0 Å². The van der Waals surface area contributed by atoms with Crippen LogP contribution >= 0.6 is 0 Å². The van der Waals surface area contributed by atoms with Crippen molar-refractivity contribution in [3.63, 3.8) is 0 Å².